The van der Waals surface area contributed by atoms with E-state index in [0.29, 0.717) is 5.56 Å². The fourth-order valence-corrected chi connectivity index (χ4v) is 4.01. The van der Waals surface area contributed by atoms with Crippen LogP contribution in [0.2, 0.25) is 0 Å². The van der Waals surface area contributed by atoms with E-state index in [4.69, 9.17) is 4.74 Å². The third-order valence-electron chi connectivity index (χ3n) is 5.76. The number of nitrogens with one attached hydrogen (secondary N) is 1. The van der Waals surface area contributed by atoms with E-state index in [1.807, 2.05) is 43.3 Å². The zero-order chi connectivity index (χ0) is 20.9. The van der Waals surface area contributed by atoms with E-state index >= 15 is 0 Å². The number of para-hydroxylation sites is 1. The SMILES string of the molecule is COc1ccc(C(C)NC(=O)c2ccc(CN3CCCc4ccccc43)cc2)cc1. The van der Waals surface area contributed by atoms with Crippen LogP contribution >= 0.6 is 0 Å². The van der Waals surface area contributed by atoms with Crippen LogP contribution in [0.5, 0.6) is 5.75 Å². The molecule has 0 aliphatic carbocycles. The van der Waals surface area contributed by atoms with E-state index in [1.54, 1.807) is 7.11 Å². The Hall–Kier alpha value is -3.27. The van der Waals surface area contributed by atoms with Gasteiger partial charge in [-0.25, -0.2) is 0 Å². The lowest BCUT2D eigenvalue weighted by Gasteiger charge is -2.31. The van der Waals surface area contributed by atoms with Gasteiger partial charge in [-0.15, -0.1) is 0 Å². The van der Waals surface area contributed by atoms with Crippen LogP contribution in [0.1, 0.15) is 46.4 Å². The molecule has 0 aromatic heterocycles. The van der Waals surface area contributed by atoms with Crippen molar-refractivity contribution >= 4 is 11.6 Å². The average molecular weight is 401 g/mol. The summed E-state index contributed by atoms with van der Waals surface area (Å²) in [6, 6.07) is 24.3. The molecule has 4 heteroatoms. The summed E-state index contributed by atoms with van der Waals surface area (Å²) in [6.45, 7) is 3.92. The smallest absolute Gasteiger partial charge is 0.251 e. The van der Waals surface area contributed by atoms with Crippen molar-refractivity contribution in [1.29, 1.82) is 0 Å². The van der Waals surface area contributed by atoms with E-state index in [1.165, 1.54) is 23.2 Å². The zero-order valence-electron chi connectivity index (χ0n) is 17.6. The van der Waals surface area contributed by atoms with Gasteiger partial charge in [0.1, 0.15) is 5.75 Å². The quantitative estimate of drug-likeness (QED) is 0.623. The number of ether oxygens (including phenoxy) is 1. The molecular weight excluding hydrogens is 372 g/mol. The highest BCUT2D eigenvalue weighted by molar-refractivity contribution is 5.94. The van der Waals surface area contributed by atoms with Crippen LogP contribution in [0.25, 0.3) is 0 Å². The van der Waals surface area contributed by atoms with Crippen molar-refractivity contribution in [3.05, 3.63) is 95.1 Å². The predicted octanol–water partition coefficient (Wildman–Crippen LogP) is 5.14. The van der Waals surface area contributed by atoms with Gasteiger partial charge in [-0.2, -0.15) is 0 Å². The molecule has 0 saturated heterocycles. The standard InChI is InChI=1S/C26H28N2O2/c1-19(21-13-15-24(30-2)16-14-21)27-26(29)23-11-9-20(10-12-23)18-28-17-5-7-22-6-3-4-8-25(22)28/h3-4,6,8-16,19H,5,7,17-18H2,1-2H3,(H,27,29). The van der Waals surface area contributed by atoms with Crippen LogP contribution in [-0.4, -0.2) is 19.6 Å². The number of benzene rings is 3. The van der Waals surface area contributed by atoms with Gasteiger partial charge >= 0.3 is 0 Å². The molecule has 4 rings (SSSR count). The summed E-state index contributed by atoms with van der Waals surface area (Å²) in [4.78, 5) is 15.1. The van der Waals surface area contributed by atoms with Gasteiger partial charge in [-0.1, -0.05) is 42.5 Å². The number of fused-ring (bicyclic) bond motifs is 1. The van der Waals surface area contributed by atoms with Gasteiger partial charge in [-0.3, -0.25) is 4.79 Å². The Morgan fingerprint density at radius 1 is 1.03 bits per heavy atom. The van der Waals surface area contributed by atoms with Crippen LogP contribution in [0.4, 0.5) is 5.69 Å². The maximum absolute atomic E-state index is 12.7. The summed E-state index contributed by atoms with van der Waals surface area (Å²) in [5, 5.41) is 3.07. The summed E-state index contributed by atoms with van der Waals surface area (Å²) in [7, 11) is 1.65. The number of rotatable bonds is 6. The molecule has 154 valence electrons. The molecule has 3 aromatic rings. The lowest BCUT2D eigenvalue weighted by atomic mass is 10.0. The minimum absolute atomic E-state index is 0.0619. The average Bonchev–Trinajstić information content (AvgIpc) is 2.80. The highest BCUT2D eigenvalue weighted by Crippen LogP contribution is 2.28. The fraction of sp³-hybridized carbons (Fsp3) is 0.269. The summed E-state index contributed by atoms with van der Waals surface area (Å²) in [6.07, 6.45) is 2.33. The monoisotopic (exact) mass is 400 g/mol. The largest absolute Gasteiger partial charge is 0.497 e. The predicted molar refractivity (Wildman–Crippen MR) is 121 cm³/mol. The zero-order valence-corrected chi connectivity index (χ0v) is 17.6. The van der Waals surface area contributed by atoms with Crippen molar-refractivity contribution < 1.29 is 9.53 Å². The molecule has 1 N–H and O–H groups in total. The molecule has 1 atom stereocenters. The van der Waals surface area contributed by atoms with Crippen molar-refractivity contribution in [3.63, 3.8) is 0 Å². The van der Waals surface area contributed by atoms with Crippen molar-refractivity contribution in [2.24, 2.45) is 0 Å². The number of amides is 1. The summed E-state index contributed by atoms with van der Waals surface area (Å²) < 4.78 is 5.19. The second-order valence-electron chi connectivity index (χ2n) is 7.82. The Labute approximate surface area is 178 Å². The Morgan fingerprint density at radius 2 is 1.77 bits per heavy atom. The Balaban J connectivity index is 1.39. The second-order valence-corrected chi connectivity index (χ2v) is 7.82. The highest BCUT2D eigenvalue weighted by Gasteiger charge is 2.17. The number of aryl methyl sites for hydroxylation is 1. The fourth-order valence-electron chi connectivity index (χ4n) is 4.01. The molecule has 0 fully saturated rings. The third kappa shape index (κ3) is 4.48. The molecule has 30 heavy (non-hydrogen) atoms. The molecule has 0 spiro atoms. The molecule has 1 aliphatic rings. The first kappa shape index (κ1) is 20.0. The number of nitrogens with zero attached hydrogens (tertiary/aromatic N) is 1. The Morgan fingerprint density at radius 3 is 2.50 bits per heavy atom. The van der Waals surface area contributed by atoms with Crippen LogP contribution < -0.4 is 15.0 Å². The van der Waals surface area contributed by atoms with Crippen LogP contribution in [0.3, 0.4) is 0 Å². The first-order valence-corrected chi connectivity index (χ1v) is 10.5. The number of carbonyl (C=O) groups excluding carboxylic acids is 1. The van der Waals surface area contributed by atoms with Crippen molar-refractivity contribution in [1.82, 2.24) is 5.32 Å². The van der Waals surface area contributed by atoms with Crippen LogP contribution in [0, 0.1) is 0 Å². The second kappa shape index (κ2) is 9.04. The van der Waals surface area contributed by atoms with Gasteiger partial charge in [0, 0.05) is 24.3 Å². The number of carbonyl (C=O) groups is 1. The van der Waals surface area contributed by atoms with E-state index in [9.17, 15) is 4.79 Å². The van der Waals surface area contributed by atoms with Crippen LogP contribution in [-0.2, 0) is 13.0 Å². The van der Waals surface area contributed by atoms with Gasteiger partial charge in [0.2, 0.25) is 0 Å². The molecule has 1 amide bonds. The molecule has 3 aromatic carbocycles. The minimum Gasteiger partial charge on any atom is -0.497 e. The van der Waals surface area contributed by atoms with Crippen LogP contribution in [0.15, 0.2) is 72.8 Å². The summed E-state index contributed by atoms with van der Waals surface area (Å²) in [5.74, 6) is 0.748. The molecule has 0 bridgehead atoms. The molecule has 1 unspecified atom stereocenters. The lowest BCUT2D eigenvalue weighted by molar-refractivity contribution is 0.0940. The molecular formula is C26H28N2O2. The first-order chi connectivity index (χ1) is 14.6. The van der Waals surface area contributed by atoms with Gasteiger partial charge in [0.05, 0.1) is 13.2 Å². The van der Waals surface area contributed by atoms with Crippen molar-refractivity contribution in [2.45, 2.75) is 32.4 Å². The molecule has 4 nitrogen and oxygen atoms in total. The number of hydrogen-bond acceptors (Lipinski definition) is 3. The van der Waals surface area contributed by atoms with Gasteiger partial charge in [0.25, 0.3) is 5.91 Å². The lowest BCUT2D eigenvalue weighted by Crippen LogP contribution is -2.29. The molecule has 0 saturated carbocycles. The van der Waals surface area contributed by atoms with E-state index < -0.39 is 0 Å². The number of methoxy groups -OCH3 is 1. The molecule has 1 heterocycles. The third-order valence-corrected chi connectivity index (χ3v) is 5.76. The minimum atomic E-state index is -0.0760. The van der Waals surface area contributed by atoms with Crippen molar-refractivity contribution in [3.8, 4) is 5.75 Å². The maximum Gasteiger partial charge on any atom is 0.251 e. The van der Waals surface area contributed by atoms with Crippen molar-refractivity contribution in [2.75, 3.05) is 18.6 Å². The van der Waals surface area contributed by atoms with E-state index in [2.05, 4.69) is 46.6 Å². The Kier molecular flexibility index (Phi) is 6.03. The molecule has 0 radical (unpaired) electrons. The molecule has 1 aliphatic heterocycles. The number of anilines is 1. The topological polar surface area (TPSA) is 41.6 Å². The first-order valence-electron chi connectivity index (χ1n) is 10.5. The normalized spacial score (nSPS) is 14.0. The van der Waals surface area contributed by atoms with Gasteiger partial charge < -0.3 is 15.0 Å². The highest BCUT2D eigenvalue weighted by atomic mass is 16.5. The van der Waals surface area contributed by atoms with Gasteiger partial charge in [0.15, 0.2) is 0 Å². The van der Waals surface area contributed by atoms with E-state index in [-0.39, 0.29) is 11.9 Å². The van der Waals surface area contributed by atoms with E-state index in [0.717, 1.165) is 30.8 Å². The Bertz CT molecular complexity index is 996. The summed E-state index contributed by atoms with van der Waals surface area (Å²) >= 11 is 0. The summed E-state index contributed by atoms with van der Waals surface area (Å²) in [5.41, 5.74) is 5.69. The van der Waals surface area contributed by atoms with Gasteiger partial charge in [-0.05, 0) is 66.8 Å². The maximum atomic E-state index is 12.7. The number of hydrogen-bond donors (Lipinski definition) is 1.